The lowest BCUT2D eigenvalue weighted by Gasteiger charge is -2.34. The van der Waals surface area contributed by atoms with Crippen LogP contribution < -0.4 is 4.74 Å². The minimum absolute atomic E-state index is 0.184. The van der Waals surface area contributed by atoms with Crippen LogP contribution in [0.2, 0.25) is 0 Å². The van der Waals surface area contributed by atoms with Gasteiger partial charge in [-0.05, 0) is 48.6 Å². The Morgan fingerprint density at radius 2 is 1.83 bits per heavy atom. The molecule has 2 aromatic rings. The number of thiophene rings is 1. The third kappa shape index (κ3) is 3.97. The average molecular weight is 344 g/mol. The average Bonchev–Trinajstić information content (AvgIpc) is 3.03. The Morgan fingerprint density at radius 3 is 2.42 bits per heavy atom. The van der Waals surface area contributed by atoms with Gasteiger partial charge in [-0.2, -0.15) is 0 Å². The van der Waals surface area contributed by atoms with Crippen molar-refractivity contribution in [1.82, 2.24) is 9.80 Å². The predicted molar refractivity (Wildman–Crippen MR) is 97.8 cm³/mol. The third-order valence-corrected chi connectivity index (χ3v) is 5.36. The largest absolute Gasteiger partial charge is 0.494 e. The van der Waals surface area contributed by atoms with Gasteiger partial charge in [-0.1, -0.05) is 12.1 Å². The smallest absolute Gasteiger partial charge is 0.264 e. The molecule has 4 nitrogen and oxygen atoms in total. The maximum atomic E-state index is 12.5. The molecule has 0 spiro atoms. The van der Waals surface area contributed by atoms with Crippen molar-refractivity contribution in [2.24, 2.45) is 0 Å². The van der Waals surface area contributed by atoms with Gasteiger partial charge in [0.25, 0.3) is 5.91 Å². The standard InChI is InChI=1S/C19H24N2O2S/c1-3-23-17-6-4-16(5-7-17)14-20-9-11-21(12-10-20)19(22)18-15(2)8-13-24-18/h4-8,13H,3,9-12,14H2,1-2H3. The summed E-state index contributed by atoms with van der Waals surface area (Å²) in [5.41, 5.74) is 2.37. The number of amides is 1. The summed E-state index contributed by atoms with van der Waals surface area (Å²) in [5, 5.41) is 1.99. The summed E-state index contributed by atoms with van der Waals surface area (Å²) in [6, 6.07) is 10.3. The van der Waals surface area contributed by atoms with Crippen molar-refractivity contribution in [2.75, 3.05) is 32.8 Å². The van der Waals surface area contributed by atoms with Crippen LogP contribution in [-0.2, 0) is 6.54 Å². The van der Waals surface area contributed by atoms with Crippen LogP contribution in [0.25, 0.3) is 0 Å². The third-order valence-electron chi connectivity index (χ3n) is 4.36. The van der Waals surface area contributed by atoms with Gasteiger partial charge >= 0.3 is 0 Å². The molecule has 3 rings (SSSR count). The number of hydrogen-bond acceptors (Lipinski definition) is 4. The van der Waals surface area contributed by atoms with Gasteiger partial charge in [0.05, 0.1) is 11.5 Å². The van der Waals surface area contributed by atoms with E-state index in [1.807, 2.05) is 42.3 Å². The summed E-state index contributed by atoms with van der Waals surface area (Å²) < 4.78 is 5.48. The Labute approximate surface area is 147 Å². The highest BCUT2D eigenvalue weighted by molar-refractivity contribution is 7.12. The van der Waals surface area contributed by atoms with E-state index in [1.165, 1.54) is 5.56 Å². The SMILES string of the molecule is CCOc1ccc(CN2CCN(C(=O)c3sccc3C)CC2)cc1. The van der Waals surface area contributed by atoms with Gasteiger partial charge in [-0.25, -0.2) is 0 Å². The summed E-state index contributed by atoms with van der Waals surface area (Å²) >= 11 is 1.54. The number of aryl methyl sites for hydroxylation is 1. The second kappa shape index (κ2) is 7.81. The molecular weight excluding hydrogens is 320 g/mol. The molecule has 1 amide bonds. The second-order valence-corrected chi connectivity index (χ2v) is 6.99. The first kappa shape index (κ1) is 17.0. The van der Waals surface area contributed by atoms with E-state index in [-0.39, 0.29) is 5.91 Å². The van der Waals surface area contributed by atoms with Crippen LogP contribution in [0.4, 0.5) is 0 Å². The number of ether oxygens (including phenoxy) is 1. The van der Waals surface area contributed by atoms with Gasteiger partial charge in [-0.3, -0.25) is 9.69 Å². The topological polar surface area (TPSA) is 32.8 Å². The van der Waals surface area contributed by atoms with Crippen molar-refractivity contribution < 1.29 is 9.53 Å². The van der Waals surface area contributed by atoms with Crippen LogP contribution in [0.5, 0.6) is 5.75 Å². The fraction of sp³-hybridized carbons (Fsp3) is 0.421. The van der Waals surface area contributed by atoms with E-state index in [4.69, 9.17) is 4.74 Å². The molecule has 0 N–H and O–H groups in total. The Morgan fingerprint density at radius 1 is 1.12 bits per heavy atom. The number of carbonyl (C=O) groups is 1. The Hall–Kier alpha value is -1.85. The summed E-state index contributed by atoms with van der Waals surface area (Å²) in [6.07, 6.45) is 0. The van der Waals surface area contributed by atoms with Crippen molar-refractivity contribution in [3.05, 3.63) is 51.7 Å². The quantitative estimate of drug-likeness (QED) is 0.833. The van der Waals surface area contributed by atoms with E-state index >= 15 is 0 Å². The van der Waals surface area contributed by atoms with Crippen LogP contribution >= 0.6 is 11.3 Å². The van der Waals surface area contributed by atoms with Crippen LogP contribution in [-0.4, -0.2) is 48.5 Å². The zero-order chi connectivity index (χ0) is 16.9. The molecule has 24 heavy (non-hydrogen) atoms. The van der Waals surface area contributed by atoms with Crippen molar-refractivity contribution in [3.8, 4) is 5.75 Å². The molecular formula is C19H24N2O2S. The van der Waals surface area contributed by atoms with Crippen LogP contribution in [0.1, 0.15) is 27.7 Å². The fourth-order valence-electron chi connectivity index (χ4n) is 2.96. The molecule has 5 heteroatoms. The molecule has 2 heterocycles. The second-order valence-electron chi connectivity index (χ2n) is 6.08. The number of rotatable bonds is 5. The van der Waals surface area contributed by atoms with Crippen molar-refractivity contribution in [1.29, 1.82) is 0 Å². The number of benzene rings is 1. The molecule has 1 fully saturated rings. The van der Waals surface area contributed by atoms with Gasteiger partial charge in [0.15, 0.2) is 0 Å². The number of nitrogens with zero attached hydrogens (tertiary/aromatic N) is 2. The van der Waals surface area contributed by atoms with Crippen LogP contribution in [0.3, 0.4) is 0 Å². The molecule has 0 atom stereocenters. The number of piperazine rings is 1. The summed E-state index contributed by atoms with van der Waals surface area (Å²) in [6.45, 7) is 9.05. The van der Waals surface area contributed by atoms with Crippen molar-refractivity contribution in [2.45, 2.75) is 20.4 Å². The van der Waals surface area contributed by atoms with E-state index < -0.39 is 0 Å². The first-order valence-electron chi connectivity index (χ1n) is 8.45. The molecule has 1 aliphatic heterocycles. The molecule has 128 valence electrons. The maximum Gasteiger partial charge on any atom is 0.264 e. The Bertz CT molecular complexity index is 673. The molecule has 0 aliphatic carbocycles. The molecule has 0 unspecified atom stereocenters. The van der Waals surface area contributed by atoms with E-state index in [1.54, 1.807) is 11.3 Å². The molecule has 0 radical (unpaired) electrons. The lowest BCUT2D eigenvalue weighted by molar-refractivity contribution is 0.0632. The molecule has 1 saturated heterocycles. The van der Waals surface area contributed by atoms with E-state index in [0.717, 1.165) is 48.9 Å². The Kier molecular flexibility index (Phi) is 5.53. The molecule has 0 saturated carbocycles. The monoisotopic (exact) mass is 344 g/mol. The summed E-state index contributed by atoms with van der Waals surface area (Å²) in [4.78, 5) is 17.8. The number of carbonyl (C=O) groups excluding carboxylic acids is 1. The summed E-state index contributed by atoms with van der Waals surface area (Å²) in [7, 11) is 0. The van der Waals surface area contributed by atoms with Crippen LogP contribution in [0.15, 0.2) is 35.7 Å². The lowest BCUT2D eigenvalue weighted by Crippen LogP contribution is -2.48. The van der Waals surface area contributed by atoms with Gasteiger partial charge in [0.2, 0.25) is 0 Å². The molecule has 1 aliphatic rings. The highest BCUT2D eigenvalue weighted by Gasteiger charge is 2.23. The zero-order valence-electron chi connectivity index (χ0n) is 14.3. The number of hydrogen-bond donors (Lipinski definition) is 0. The molecule has 1 aromatic carbocycles. The van der Waals surface area contributed by atoms with Crippen molar-refractivity contribution >= 4 is 17.2 Å². The van der Waals surface area contributed by atoms with Gasteiger partial charge in [0.1, 0.15) is 5.75 Å². The van der Waals surface area contributed by atoms with Gasteiger partial charge in [-0.15, -0.1) is 11.3 Å². The van der Waals surface area contributed by atoms with Gasteiger partial charge < -0.3 is 9.64 Å². The van der Waals surface area contributed by atoms with E-state index in [9.17, 15) is 4.79 Å². The first-order valence-corrected chi connectivity index (χ1v) is 9.33. The minimum Gasteiger partial charge on any atom is -0.494 e. The predicted octanol–water partition coefficient (Wildman–Crippen LogP) is 3.41. The first-order chi connectivity index (χ1) is 11.7. The fourth-order valence-corrected chi connectivity index (χ4v) is 3.85. The van der Waals surface area contributed by atoms with Gasteiger partial charge in [0, 0.05) is 32.7 Å². The maximum absolute atomic E-state index is 12.5. The lowest BCUT2D eigenvalue weighted by atomic mass is 10.2. The Balaban J connectivity index is 1.51. The van der Waals surface area contributed by atoms with E-state index in [0.29, 0.717) is 6.61 Å². The van der Waals surface area contributed by atoms with E-state index in [2.05, 4.69) is 17.0 Å². The normalized spacial score (nSPS) is 15.5. The highest BCUT2D eigenvalue weighted by atomic mass is 32.1. The minimum atomic E-state index is 0.184. The molecule has 0 bridgehead atoms. The highest BCUT2D eigenvalue weighted by Crippen LogP contribution is 2.20. The summed E-state index contributed by atoms with van der Waals surface area (Å²) in [5.74, 6) is 1.10. The molecule has 1 aromatic heterocycles. The van der Waals surface area contributed by atoms with Crippen LogP contribution in [0, 0.1) is 6.92 Å². The van der Waals surface area contributed by atoms with Crippen molar-refractivity contribution in [3.63, 3.8) is 0 Å². The zero-order valence-corrected chi connectivity index (χ0v) is 15.1.